The molecule has 0 aromatic rings. The topological polar surface area (TPSA) is 82.0 Å². The van der Waals surface area contributed by atoms with Gasteiger partial charge in [-0.3, -0.25) is 0 Å². The van der Waals surface area contributed by atoms with Gasteiger partial charge in [-0.15, -0.1) is 0 Å². The summed E-state index contributed by atoms with van der Waals surface area (Å²) in [5, 5.41) is 20.7. The second-order valence-electron chi connectivity index (χ2n) is 5.73. The Labute approximate surface area is 153 Å². The van der Waals surface area contributed by atoms with Gasteiger partial charge in [0.25, 0.3) is 0 Å². The summed E-state index contributed by atoms with van der Waals surface area (Å²) in [5.74, 6) is 0. The quantitative estimate of drug-likeness (QED) is 0.629. The van der Waals surface area contributed by atoms with Crippen LogP contribution < -0.4 is 5.32 Å². The van der Waals surface area contributed by atoms with Gasteiger partial charge >= 0.3 is 6.09 Å². The molecule has 23 heavy (non-hydrogen) atoms. The van der Waals surface area contributed by atoms with Gasteiger partial charge in [0.15, 0.2) is 0 Å². The maximum absolute atomic E-state index is 11.9. The minimum absolute atomic E-state index is 0.0491. The number of piperidine rings is 2. The summed E-state index contributed by atoms with van der Waals surface area (Å²) in [6, 6.07) is 0. The van der Waals surface area contributed by atoms with Crippen LogP contribution in [0.15, 0.2) is 0 Å². The monoisotopic (exact) mass is 341 g/mol. The molecule has 0 aromatic carbocycles. The van der Waals surface area contributed by atoms with Crippen molar-refractivity contribution in [2.75, 3.05) is 26.0 Å². The van der Waals surface area contributed by atoms with E-state index in [9.17, 15) is 9.90 Å². The summed E-state index contributed by atoms with van der Waals surface area (Å²) in [6.45, 7) is -0.978. The van der Waals surface area contributed by atoms with Crippen LogP contribution >= 0.6 is 0 Å². The molecule has 2 saturated heterocycles. The second-order valence-corrected chi connectivity index (χ2v) is 5.73. The van der Waals surface area contributed by atoms with E-state index in [1.807, 2.05) is 0 Å². The highest BCUT2D eigenvalue weighted by molar-refractivity contribution is 5.68. The third-order valence-electron chi connectivity index (χ3n) is 2.40. The molecule has 3 N–H and O–H groups in total. The minimum atomic E-state index is -2.27. The first-order chi connectivity index (χ1) is 14.1. The van der Waals surface area contributed by atoms with Crippen LogP contribution in [-0.4, -0.2) is 65.0 Å². The maximum atomic E-state index is 11.9. The van der Waals surface area contributed by atoms with Crippen LogP contribution in [0.5, 0.6) is 0 Å². The Morgan fingerprint density at radius 1 is 1.17 bits per heavy atom. The molecule has 0 aliphatic carbocycles. The van der Waals surface area contributed by atoms with Crippen LogP contribution in [0.2, 0.25) is 0 Å². The van der Waals surface area contributed by atoms with Crippen molar-refractivity contribution in [3.63, 3.8) is 0 Å². The normalized spacial score (nSPS) is 34.3. The van der Waals surface area contributed by atoms with E-state index < -0.39 is 49.9 Å². The molecule has 2 rings (SSSR count). The molecule has 2 aliphatic rings. The third kappa shape index (κ3) is 11.3. The number of carbonyl (C=O) groups is 1. The molecule has 6 heteroatoms. The lowest BCUT2D eigenvalue weighted by Crippen LogP contribution is -2.42. The lowest BCUT2D eigenvalue weighted by atomic mass is 10.1. The van der Waals surface area contributed by atoms with Crippen LogP contribution in [0.1, 0.15) is 72.6 Å². The van der Waals surface area contributed by atoms with Gasteiger partial charge in [-0.2, -0.15) is 0 Å². The van der Waals surface area contributed by atoms with Crippen molar-refractivity contribution in [3.8, 4) is 0 Å². The highest BCUT2D eigenvalue weighted by atomic mass is 16.6. The SMILES string of the molecule is [2H]C1([2H])CC(O)CC([2H])([2H])N1.[2H]C1([2H])CC(O)CC([2H])([2H])N1C(=O)OC(C)(C)C.[2H]CC. The Morgan fingerprint density at radius 3 is 2.00 bits per heavy atom. The van der Waals surface area contributed by atoms with Gasteiger partial charge in [-0.1, -0.05) is 13.8 Å². The molecule has 2 fully saturated rings. The molecular weight excluding hydrogens is 296 g/mol. The first kappa shape index (κ1) is 10.9. The predicted octanol–water partition coefficient (Wildman–Crippen LogP) is 2.14. The van der Waals surface area contributed by atoms with Crippen LogP contribution in [0, 0.1) is 0 Å². The van der Waals surface area contributed by atoms with Crippen molar-refractivity contribution < 1.29 is 32.1 Å². The van der Waals surface area contributed by atoms with Gasteiger partial charge < -0.3 is 25.2 Å². The lowest BCUT2D eigenvalue weighted by Gasteiger charge is -2.31. The van der Waals surface area contributed by atoms with Gasteiger partial charge in [0.05, 0.1) is 12.2 Å². The average Bonchev–Trinajstić information content (AvgIpc) is 2.38. The predicted molar refractivity (Wildman–Crippen MR) is 92.5 cm³/mol. The van der Waals surface area contributed by atoms with E-state index in [0.29, 0.717) is 11.8 Å². The van der Waals surface area contributed by atoms with Gasteiger partial charge in [0.2, 0.25) is 0 Å². The Bertz CT molecular complexity index is 581. The Kier molecular flexibility index (Phi) is 5.52. The molecule has 0 aromatic heterocycles. The van der Waals surface area contributed by atoms with Crippen molar-refractivity contribution in [1.82, 2.24) is 10.2 Å². The number of likely N-dealkylation sites (tertiary alicyclic amines) is 1. The number of aliphatic hydroxyl groups is 2. The molecule has 1 amide bonds. The van der Waals surface area contributed by atoms with Crippen molar-refractivity contribution in [1.29, 1.82) is 0 Å². The zero-order valence-electron chi connectivity index (χ0n) is 23.3. The first-order valence-corrected chi connectivity index (χ1v) is 7.55. The highest BCUT2D eigenvalue weighted by Crippen LogP contribution is 2.14. The summed E-state index contributed by atoms with van der Waals surface area (Å²) in [7, 11) is 0. The van der Waals surface area contributed by atoms with E-state index in [-0.39, 0.29) is 25.7 Å². The van der Waals surface area contributed by atoms with Gasteiger partial charge in [-0.25, -0.2) is 4.79 Å². The molecule has 0 atom stereocenters. The van der Waals surface area contributed by atoms with Crippen LogP contribution in [0.25, 0.3) is 0 Å². The summed E-state index contributed by atoms with van der Waals surface area (Å²) < 4.78 is 70.7. The molecule has 138 valence electrons. The zero-order valence-corrected chi connectivity index (χ0v) is 14.3. The third-order valence-corrected chi connectivity index (χ3v) is 2.40. The van der Waals surface area contributed by atoms with Crippen molar-refractivity contribution in [2.24, 2.45) is 0 Å². The fourth-order valence-electron chi connectivity index (χ4n) is 1.43. The van der Waals surface area contributed by atoms with Crippen LogP contribution in [0.3, 0.4) is 0 Å². The Balaban J connectivity index is 0.000000582. The maximum Gasteiger partial charge on any atom is 0.410 e. The molecule has 0 saturated carbocycles. The molecule has 0 unspecified atom stereocenters. The number of nitrogens with one attached hydrogen (secondary N) is 1. The second kappa shape index (κ2) is 11.6. The number of rotatable bonds is 0. The Hall–Kier alpha value is -0.850. The largest absolute Gasteiger partial charge is 0.444 e. The van der Waals surface area contributed by atoms with Crippen molar-refractivity contribution >= 4 is 6.09 Å². The van der Waals surface area contributed by atoms with Gasteiger partial charge in [-0.05, 0) is 59.4 Å². The van der Waals surface area contributed by atoms with E-state index in [1.165, 1.54) is 0 Å². The minimum Gasteiger partial charge on any atom is -0.444 e. The number of ether oxygens (including phenoxy) is 1. The highest BCUT2D eigenvalue weighted by Gasteiger charge is 2.25. The molecule has 0 bridgehead atoms. The summed E-state index contributed by atoms with van der Waals surface area (Å²) in [5.41, 5.74) is -0.834. The Morgan fingerprint density at radius 2 is 1.61 bits per heavy atom. The van der Waals surface area contributed by atoms with Crippen LogP contribution in [-0.2, 0) is 4.74 Å². The number of hydrogen-bond acceptors (Lipinski definition) is 5. The molecule has 0 spiro atoms. The van der Waals surface area contributed by atoms with Crippen molar-refractivity contribution in [2.45, 2.75) is 78.1 Å². The van der Waals surface area contributed by atoms with Gasteiger partial charge in [0.1, 0.15) is 5.60 Å². The fourth-order valence-corrected chi connectivity index (χ4v) is 1.43. The van der Waals surface area contributed by atoms with Crippen molar-refractivity contribution in [3.05, 3.63) is 0 Å². The van der Waals surface area contributed by atoms with E-state index in [2.05, 4.69) is 5.32 Å². The molecular formula is C17H36N2O4. The zero-order chi connectivity index (χ0) is 25.8. The summed E-state index contributed by atoms with van der Waals surface area (Å²) >= 11 is 0. The van der Waals surface area contributed by atoms with E-state index in [0.717, 1.165) is 0 Å². The van der Waals surface area contributed by atoms with Crippen LogP contribution in [0.4, 0.5) is 4.79 Å². The van der Waals surface area contributed by atoms with E-state index in [4.69, 9.17) is 22.2 Å². The number of hydrogen-bond donors (Lipinski definition) is 3. The molecule has 6 nitrogen and oxygen atoms in total. The average molecular weight is 342 g/mol. The fraction of sp³-hybridized carbons (Fsp3) is 0.941. The van der Waals surface area contributed by atoms with E-state index in [1.54, 1.807) is 27.7 Å². The number of nitrogens with zero attached hydrogens (tertiary/aromatic N) is 1. The smallest absolute Gasteiger partial charge is 0.410 e. The number of aliphatic hydroxyl groups excluding tert-OH is 2. The molecule has 2 heterocycles. The number of amides is 1. The van der Waals surface area contributed by atoms with Gasteiger partial charge in [0, 0.05) is 25.3 Å². The summed E-state index contributed by atoms with van der Waals surface area (Å²) in [4.78, 5) is 12.3. The summed E-state index contributed by atoms with van der Waals surface area (Å²) in [6.07, 6.45) is -3.81. The molecule has 2 aliphatic heterocycles. The first-order valence-electron chi connectivity index (χ1n) is 12.3. The number of carbonyl (C=O) groups excluding carboxylic acids is 1. The van der Waals surface area contributed by atoms with E-state index >= 15 is 0 Å². The lowest BCUT2D eigenvalue weighted by molar-refractivity contribution is 0.0101. The molecule has 0 radical (unpaired) electrons. The standard InChI is InChI=1S/C10H19NO3.C5H11NO.C2H6/c1-10(2,3)14-9(13)11-6-4-8(12)5-7-11;7-5-1-3-6-4-2-5;1-2/h8,12H,4-7H2,1-3H3;5-7H,1-4H2;1-2H3/i6D2,7D2;3D2,4D2;1D.